The maximum Gasteiger partial charge on any atom is 0.280 e. The topological polar surface area (TPSA) is 33.1 Å². The van der Waals surface area contributed by atoms with Gasteiger partial charge >= 0.3 is 0 Å². The zero-order chi connectivity index (χ0) is 10.7. The van der Waals surface area contributed by atoms with Crippen molar-refractivity contribution in [2.75, 3.05) is 0 Å². The van der Waals surface area contributed by atoms with Gasteiger partial charge in [0.1, 0.15) is 5.69 Å². The molecule has 2 nitrogen and oxygen atoms in total. The first-order chi connectivity index (χ1) is 6.61. The Morgan fingerprint density at radius 3 is 2.57 bits per heavy atom. The Labute approximate surface area is 85.5 Å². The van der Waals surface area contributed by atoms with E-state index < -0.39 is 13.0 Å². The van der Waals surface area contributed by atoms with Gasteiger partial charge in [-0.05, 0) is 18.1 Å². The van der Waals surface area contributed by atoms with E-state index >= 15 is 0 Å². The molecule has 0 atom stereocenters. The Morgan fingerprint density at radius 2 is 2.14 bits per heavy atom. The van der Waals surface area contributed by atoms with E-state index in [1.54, 1.807) is 6.92 Å². The second-order valence-electron chi connectivity index (χ2n) is 2.88. The molecule has 0 spiro atoms. The lowest BCUT2D eigenvalue weighted by atomic mass is 10.0. The van der Waals surface area contributed by atoms with Crippen LogP contribution in [0.25, 0.3) is 0 Å². The van der Waals surface area contributed by atoms with Crippen LogP contribution in [0, 0.1) is 6.92 Å². The van der Waals surface area contributed by atoms with Gasteiger partial charge in [-0.25, -0.2) is 8.78 Å². The van der Waals surface area contributed by atoms with E-state index in [9.17, 15) is 8.78 Å². The largest absolute Gasteiger partial charge is 0.392 e. The van der Waals surface area contributed by atoms with E-state index in [0.29, 0.717) is 11.1 Å². The molecule has 0 saturated heterocycles. The summed E-state index contributed by atoms with van der Waals surface area (Å²) in [5, 5.41) is 8.97. The predicted octanol–water partition coefficient (Wildman–Crippen LogP) is 2.56. The highest BCUT2D eigenvalue weighted by molar-refractivity contribution is 6.17. The van der Waals surface area contributed by atoms with Gasteiger partial charge < -0.3 is 5.11 Å². The minimum absolute atomic E-state index is 0.101. The molecule has 1 rings (SSSR count). The maximum atomic E-state index is 12.4. The van der Waals surface area contributed by atoms with E-state index in [-0.39, 0.29) is 17.1 Å². The molecule has 0 aliphatic rings. The number of halogens is 3. The molecular weight excluding hydrogens is 212 g/mol. The van der Waals surface area contributed by atoms with Gasteiger partial charge in [0.05, 0.1) is 6.61 Å². The average Bonchev–Trinajstić information content (AvgIpc) is 2.16. The second-order valence-corrected chi connectivity index (χ2v) is 3.14. The Balaban J connectivity index is 3.33. The summed E-state index contributed by atoms with van der Waals surface area (Å²) in [6.45, 7) is 1.26. The lowest BCUT2D eigenvalue weighted by molar-refractivity contribution is 0.141. The summed E-state index contributed by atoms with van der Waals surface area (Å²) in [7, 11) is 0. The van der Waals surface area contributed by atoms with Crippen LogP contribution in [0.15, 0.2) is 6.20 Å². The van der Waals surface area contributed by atoms with Gasteiger partial charge in [-0.2, -0.15) is 0 Å². The lowest BCUT2D eigenvalue weighted by Gasteiger charge is -2.12. The van der Waals surface area contributed by atoms with Crippen LogP contribution >= 0.6 is 11.6 Å². The van der Waals surface area contributed by atoms with E-state index in [2.05, 4.69) is 4.98 Å². The molecule has 0 aliphatic carbocycles. The molecule has 1 aromatic rings. The van der Waals surface area contributed by atoms with Crippen molar-refractivity contribution in [2.45, 2.75) is 25.8 Å². The number of aliphatic hydroxyl groups is 1. The SMILES string of the molecule is Cc1cnc(C(F)F)c(CO)c1CCl. The van der Waals surface area contributed by atoms with Crippen molar-refractivity contribution < 1.29 is 13.9 Å². The van der Waals surface area contributed by atoms with Crippen LogP contribution in [0.4, 0.5) is 8.78 Å². The lowest BCUT2D eigenvalue weighted by Crippen LogP contribution is -2.04. The van der Waals surface area contributed by atoms with E-state index in [4.69, 9.17) is 16.7 Å². The molecule has 0 unspecified atom stereocenters. The van der Waals surface area contributed by atoms with Crippen molar-refractivity contribution >= 4 is 11.6 Å². The van der Waals surface area contributed by atoms with Crippen LogP contribution in [0.5, 0.6) is 0 Å². The Bertz CT molecular complexity index is 331. The first-order valence-corrected chi connectivity index (χ1v) is 4.57. The normalized spacial score (nSPS) is 11.0. The number of aliphatic hydroxyl groups excluding tert-OH is 1. The number of pyridine rings is 1. The van der Waals surface area contributed by atoms with Crippen molar-refractivity contribution in [3.63, 3.8) is 0 Å². The molecule has 0 saturated carbocycles. The van der Waals surface area contributed by atoms with Crippen LogP contribution in [0.2, 0.25) is 0 Å². The molecule has 0 aromatic carbocycles. The first-order valence-electron chi connectivity index (χ1n) is 4.04. The monoisotopic (exact) mass is 221 g/mol. The number of rotatable bonds is 3. The van der Waals surface area contributed by atoms with Crippen molar-refractivity contribution in [3.8, 4) is 0 Å². The Kier molecular flexibility index (Phi) is 3.77. The van der Waals surface area contributed by atoms with E-state index in [0.717, 1.165) is 0 Å². The fourth-order valence-electron chi connectivity index (χ4n) is 1.27. The van der Waals surface area contributed by atoms with E-state index in [1.165, 1.54) is 6.20 Å². The third-order valence-corrected chi connectivity index (χ3v) is 2.31. The van der Waals surface area contributed by atoms with Crippen molar-refractivity contribution in [1.29, 1.82) is 0 Å². The quantitative estimate of drug-likeness (QED) is 0.796. The summed E-state index contributed by atoms with van der Waals surface area (Å²) < 4.78 is 24.9. The van der Waals surface area contributed by atoms with Gasteiger partial charge in [0.25, 0.3) is 6.43 Å². The average molecular weight is 222 g/mol. The molecule has 1 heterocycles. The standard InChI is InChI=1S/C9H10ClF2NO/c1-5-3-13-8(9(11)12)7(4-14)6(5)2-10/h3,9,14H,2,4H2,1H3. The summed E-state index contributed by atoms with van der Waals surface area (Å²) in [4.78, 5) is 3.59. The Hall–Kier alpha value is -0.740. The fourth-order valence-corrected chi connectivity index (χ4v) is 1.64. The van der Waals surface area contributed by atoms with Crippen molar-refractivity contribution in [2.24, 2.45) is 0 Å². The number of aryl methyl sites for hydroxylation is 1. The molecule has 1 N–H and O–H groups in total. The van der Waals surface area contributed by atoms with Gasteiger partial charge in [0.15, 0.2) is 0 Å². The van der Waals surface area contributed by atoms with Crippen LogP contribution in [0.3, 0.4) is 0 Å². The minimum Gasteiger partial charge on any atom is -0.392 e. The molecule has 0 bridgehead atoms. The minimum atomic E-state index is -2.68. The van der Waals surface area contributed by atoms with Gasteiger partial charge in [0, 0.05) is 17.6 Å². The number of nitrogens with zero attached hydrogens (tertiary/aromatic N) is 1. The third kappa shape index (κ3) is 2.01. The highest BCUT2D eigenvalue weighted by Crippen LogP contribution is 2.26. The maximum absolute atomic E-state index is 12.4. The predicted molar refractivity (Wildman–Crippen MR) is 49.4 cm³/mol. The summed E-state index contributed by atoms with van der Waals surface area (Å²) in [5.41, 5.74) is 1.02. The highest BCUT2D eigenvalue weighted by Gasteiger charge is 2.18. The highest BCUT2D eigenvalue weighted by atomic mass is 35.5. The van der Waals surface area contributed by atoms with Gasteiger partial charge in [-0.1, -0.05) is 0 Å². The number of alkyl halides is 3. The zero-order valence-corrected chi connectivity index (χ0v) is 8.35. The molecular formula is C9H10ClF2NO. The molecule has 78 valence electrons. The van der Waals surface area contributed by atoms with Crippen molar-refractivity contribution in [1.82, 2.24) is 4.98 Å². The van der Waals surface area contributed by atoms with Crippen LogP contribution < -0.4 is 0 Å². The Morgan fingerprint density at radius 1 is 1.50 bits per heavy atom. The number of aromatic nitrogens is 1. The number of hydrogen-bond donors (Lipinski definition) is 1. The van der Waals surface area contributed by atoms with Gasteiger partial charge in [0.2, 0.25) is 0 Å². The molecule has 0 fully saturated rings. The molecule has 0 radical (unpaired) electrons. The second kappa shape index (κ2) is 4.66. The first kappa shape index (κ1) is 11.3. The smallest absolute Gasteiger partial charge is 0.280 e. The van der Waals surface area contributed by atoms with Crippen LogP contribution in [-0.4, -0.2) is 10.1 Å². The third-order valence-electron chi connectivity index (χ3n) is 2.05. The summed E-state index contributed by atoms with van der Waals surface area (Å²) in [6, 6.07) is 0. The summed E-state index contributed by atoms with van der Waals surface area (Å²) >= 11 is 5.61. The van der Waals surface area contributed by atoms with Gasteiger partial charge in [-0.15, -0.1) is 11.6 Å². The molecule has 5 heteroatoms. The zero-order valence-electron chi connectivity index (χ0n) is 7.60. The van der Waals surface area contributed by atoms with Crippen LogP contribution in [0.1, 0.15) is 28.8 Å². The molecule has 0 aliphatic heterocycles. The number of hydrogen-bond acceptors (Lipinski definition) is 2. The summed E-state index contributed by atoms with van der Waals surface area (Å²) in [6.07, 6.45) is -1.34. The van der Waals surface area contributed by atoms with Crippen LogP contribution in [-0.2, 0) is 12.5 Å². The molecule has 0 amide bonds. The van der Waals surface area contributed by atoms with Gasteiger partial charge in [-0.3, -0.25) is 4.98 Å². The summed E-state index contributed by atoms with van der Waals surface area (Å²) in [5.74, 6) is 0.101. The van der Waals surface area contributed by atoms with Crippen molar-refractivity contribution in [3.05, 3.63) is 28.6 Å². The molecule has 14 heavy (non-hydrogen) atoms. The fraction of sp³-hybridized carbons (Fsp3) is 0.444. The molecule has 1 aromatic heterocycles. The van der Waals surface area contributed by atoms with E-state index in [1.807, 2.05) is 0 Å².